The van der Waals surface area contributed by atoms with Crippen LogP contribution in [0.2, 0.25) is 0 Å². The van der Waals surface area contributed by atoms with Gasteiger partial charge in [-0.15, -0.1) is 0 Å². The number of rotatable bonds is 2. The van der Waals surface area contributed by atoms with Gasteiger partial charge < -0.3 is 10.6 Å². The van der Waals surface area contributed by atoms with Crippen LogP contribution in [0, 0.1) is 18.8 Å². The summed E-state index contributed by atoms with van der Waals surface area (Å²) in [5, 5.41) is 0. The normalized spacial score (nSPS) is 9.67. The Balaban J connectivity index is 2.31. The van der Waals surface area contributed by atoms with Gasteiger partial charge in [0.1, 0.15) is 0 Å². The van der Waals surface area contributed by atoms with Crippen molar-refractivity contribution in [1.29, 1.82) is 0 Å². The molecule has 4 heteroatoms. The summed E-state index contributed by atoms with van der Waals surface area (Å²) in [4.78, 5) is 18.1. The van der Waals surface area contributed by atoms with E-state index in [0.717, 1.165) is 16.8 Å². The third-order valence-corrected chi connectivity index (χ3v) is 3.15. The van der Waals surface area contributed by atoms with Crippen molar-refractivity contribution in [3.05, 3.63) is 59.4 Å². The van der Waals surface area contributed by atoms with E-state index >= 15 is 0 Å². The number of aromatic nitrogens is 1. The van der Waals surface area contributed by atoms with Crippen molar-refractivity contribution in [3.8, 4) is 11.8 Å². The van der Waals surface area contributed by atoms with E-state index in [4.69, 9.17) is 5.73 Å². The molecular formula is C17H17N3O. The van der Waals surface area contributed by atoms with Gasteiger partial charge in [0.15, 0.2) is 0 Å². The van der Waals surface area contributed by atoms with Gasteiger partial charge in [0.05, 0.1) is 18.4 Å². The number of carbonyl (C=O) groups is 1. The summed E-state index contributed by atoms with van der Waals surface area (Å²) in [7, 11) is 1.73. The van der Waals surface area contributed by atoms with E-state index < -0.39 is 0 Å². The van der Waals surface area contributed by atoms with Crippen LogP contribution in [0.3, 0.4) is 0 Å². The third-order valence-electron chi connectivity index (χ3n) is 3.15. The first-order valence-corrected chi connectivity index (χ1v) is 6.61. The second kappa shape index (κ2) is 6.69. The molecule has 1 amide bonds. The van der Waals surface area contributed by atoms with Gasteiger partial charge in [0.2, 0.25) is 0 Å². The minimum Gasteiger partial charge on any atom is -0.320 e. The fraction of sp³-hybridized carbons (Fsp3) is 0.176. The zero-order valence-corrected chi connectivity index (χ0v) is 12.1. The molecule has 1 aromatic carbocycles. The van der Waals surface area contributed by atoms with Gasteiger partial charge in [-0.3, -0.25) is 9.78 Å². The van der Waals surface area contributed by atoms with E-state index in [0.29, 0.717) is 12.1 Å². The number of amides is 1. The summed E-state index contributed by atoms with van der Waals surface area (Å²) >= 11 is 0. The number of pyridine rings is 1. The van der Waals surface area contributed by atoms with Gasteiger partial charge in [-0.2, -0.15) is 0 Å². The number of hydrogen-bond donors (Lipinski definition) is 1. The molecule has 4 nitrogen and oxygen atoms in total. The molecular weight excluding hydrogens is 262 g/mol. The average Bonchev–Trinajstić information content (AvgIpc) is 2.53. The smallest absolute Gasteiger partial charge is 0.258 e. The zero-order valence-electron chi connectivity index (χ0n) is 12.1. The van der Waals surface area contributed by atoms with E-state index in [2.05, 4.69) is 16.8 Å². The minimum atomic E-state index is -0.0983. The molecule has 0 aliphatic heterocycles. The number of hydrogen-bond acceptors (Lipinski definition) is 3. The fourth-order valence-electron chi connectivity index (χ4n) is 1.90. The molecule has 2 N–H and O–H groups in total. The third kappa shape index (κ3) is 3.47. The molecule has 0 atom stereocenters. The first-order valence-electron chi connectivity index (χ1n) is 6.61. The Morgan fingerprint density at radius 3 is 2.86 bits per heavy atom. The molecule has 2 aromatic rings. The molecule has 0 aliphatic rings. The maximum atomic E-state index is 12.5. The lowest BCUT2D eigenvalue weighted by Crippen LogP contribution is -2.26. The number of aryl methyl sites for hydroxylation is 1. The standard InChI is InChI=1S/C17H17N3O/c1-13-7-8-15(11-14(13)5-3-9-18)17(21)20(2)16-6-4-10-19-12-16/h4,6-8,10-12H,9,18H2,1-2H3. The Hall–Kier alpha value is -2.64. The Bertz CT molecular complexity index is 699. The highest BCUT2D eigenvalue weighted by Gasteiger charge is 2.14. The lowest BCUT2D eigenvalue weighted by Gasteiger charge is -2.17. The predicted molar refractivity (Wildman–Crippen MR) is 84.1 cm³/mol. The van der Waals surface area contributed by atoms with Gasteiger partial charge in [-0.05, 0) is 36.8 Å². The van der Waals surface area contributed by atoms with Crippen LogP contribution in [0.5, 0.6) is 0 Å². The van der Waals surface area contributed by atoms with Crippen molar-refractivity contribution in [3.63, 3.8) is 0 Å². The van der Waals surface area contributed by atoms with Gasteiger partial charge in [-0.25, -0.2) is 0 Å². The summed E-state index contributed by atoms with van der Waals surface area (Å²) < 4.78 is 0. The molecule has 0 bridgehead atoms. The van der Waals surface area contributed by atoms with Gasteiger partial charge >= 0.3 is 0 Å². The lowest BCUT2D eigenvalue weighted by molar-refractivity contribution is 0.0993. The Morgan fingerprint density at radius 1 is 1.38 bits per heavy atom. The Labute approximate surface area is 124 Å². The summed E-state index contributed by atoms with van der Waals surface area (Å²) in [6.45, 7) is 2.26. The highest BCUT2D eigenvalue weighted by Crippen LogP contribution is 2.16. The largest absolute Gasteiger partial charge is 0.320 e. The molecule has 0 fully saturated rings. The van der Waals surface area contributed by atoms with Crippen molar-refractivity contribution in [2.75, 3.05) is 18.5 Å². The Morgan fingerprint density at radius 2 is 2.19 bits per heavy atom. The SMILES string of the molecule is Cc1ccc(C(=O)N(C)c2cccnc2)cc1C#CCN. The number of benzene rings is 1. The highest BCUT2D eigenvalue weighted by molar-refractivity contribution is 6.05. The average molecular weight is 279 g/mol. The van der Waals surface area contributed by atoms with Crippen LogP contribution in [0.4, 0.5) is 5.69 Å². The first-order chi connectivity index (χ1) is 10.1. The van der Waals surface area contributed by atoms with Crippen molar-refractivity contribution in [2.24, 2.45) is 5.73 Å². The van der Waals surface area contributed by atoms with Crippen LogP contribution in [-0.2, 0) is 0 Å². The number of nitrogens with zero attached hydrogens (tertiary/aromatic N) is 2. The van der Waals surface area contributed by atoms with Crippen molar-refractivity contribution >= 4 is 11.6 Å². The van der Waals surface area contributed by atoms with E-state index in [-0.39, 0.29) is 5.91 Å². The molecule has 0 saturated carbocycles. The summed E-state index contributed by atoms with van der Waals surface area (Å²) in [5.74, 6) is 5.71. The number of anilines is 1. The summed E-state index contributed by atoms with van der Waals surface area (Å²) in [5.41, 5.74) is 8.58. The predicted octanol–water partition coefficient (Wildman–Crippen LogP) is 1.98. The van der Waals surface area contributed by atoms with Crippen molar-refractivity contribution in [1.82, 2.24) is 4.98 Å². The van der Waals surface area contributed by atoms with Crippen LogP contribution < -0.4 is 10.6 Å². The van der Waals surface area contributed by atoms with E-state index in [1.54, 1.807) is 42.5 Å². The first kappa shape index (κ1) is 14.8. The molecule has 0 spiro atoms. The van der Waals surface area contributed by atoms with Crippen LogP contribution >= 0.6 is 0 Å². The van der Waals surface area contributed by atoms with Crippen molar-refractivity contribution < 1.29 is 4.79 Å². The van der Waals surface area contributed by atoms with Gasteiger partial charge in [-0.1, -0.05) is 17.9 Å². The summed E-state index contributed by atoms with van der Waals surface area (Å²) in [6.07, 6.45) is 3.33. The fourth-order valence-corrected chi connectivity index (χ4v) is 1.90. The molecule has 21 heavy (non-hydrogen) atoms. The molecule has 1 heterocycles. The monoisotopic (exact) mass is 279 g/mol. The van der Waals surface area contributed by atoms with E-state index in [9.17, 15) is 4.79 Å². The lowest BCUT2D eigenvalue weighted by atomic mass is 10.0. The molecule has 0 unspecified atom stereocenters. The molecule has 0 radical (unpaired) electrons. The number of nitrogens with two attached hydrogens (primary N) is 1. The summed E-state index contributed by atoms with van der Waals surface area (Å²) in [6, 6.07) is 9.14. The Kier molecular flexibility index (Phi) is 4.70. The molecule has 106 valence electrons. The highest BCUT2D eigenvalue weighted by atomic mass is 16.2. The van der Waals surface area contributed by atoms with Crippen LogP contribution in [0.25, 0.3) is 0 Å². The minimum absolute atomic E-state index is 0.0983. The topological polar surface area (TPSA) is 59.2 Å². The molecule has 0 aliphatic carbocycles. The quantitative estimate of drug-likeness (QED) is 0.855. The molecule has 2 rings (SSSR count). The van der Waals surface area contributed by atoms with E-state index in [1.807, 2.05) is 19.1 Å². The second-order valence-electron chi connectivity index (χ2n) is 4.61. The van der Waals surface area contributed by atoms with Crippen LogP contribution in [0.15, 0.2) is 42.7 Å². The maximum absolute atomic E-state index is 12.5. The van der Waals surface area contributed by atoms with E-state index in [1.165, 1.54) is 0 Å². The molecule has 0 saturated heterocycles. The zero-order chi connectivity index (χ0) is 15.2. The maximum Gasteiger partial charge on any atom is 0.258 e. The number of carbonyl (C=O) groups excluding carboxylic acids is 1. The van der Waals surface area contributed by atoms with Gasteiger partial charge in [0.25, 0.3) is 5.91 Å². The van der Waals surface area contributed by atoms with Crippen LogP contribution in [0.1, 0.15) is 21.5 Å². The van der Waals surface area contributed by atoms with Crippen LogP contribution in [-0.4, -0.2) is 24.5 Å². The molecule has 1 aromatic heterocycles. The van der Waals surface area contributed by atoms with Gasteiger partial charge in [0, 0.05) is 24.4 Å². The second-order valence-corrected chi connectivity index (χ2v) is 4.61. The van der Waals surface area contributed by atoms with Crippen molar-refractivity contribution in [2.45, 2.75) is 6.92 Å².